The average Bonchev–Trinajstić information content (AvgIpc) is 2.13. The van der Waals surface area contributed by atoms with Gasteiger partial charge in [-0.3, -0.25) is 4.79 Å². The summed E-state index contributed by atoms with van der Waals surface area (Å²) in [6.07, 6.45) is 1.12. The Morgan fingerprint density at radius 1 is 1.21 bits per heavy atom. The standard InChI is InChI=1S/C10H18N2O2/c1-11-2-4-12(5-3-11)10(14)8-6-9(13)7-8/h8-9,13H,2-7H2,1H3. The number of likely N-dealkylation sites (N-methyl/N-ethyl adjacent to an activating group) is 1. The van der Waals surface area contributed by atoms with Gasteiger partial charge in [-0.15, -0.1) is 0 Å². The van der Waals surface area contributed by atoms with Gasteiger partial charge in [-0.25, -0.2) is 0 Å². The van der Waals surface area contributed by atoms with E-state index in [9.17, 15) is 4.79 Å². The van der Waals surface area contributed by atoms with Crippen LogP contribution in [0.5, 0.6) is 0 Å². The van der Waals surface area contributed by atoms with Crippen molar-refractivity contribution in [2.45, 2.75) is 18.9 Å². The van der Waals surface area contributed by atoms with E-state index in [1.54, 1.807) is 0 Å². The fourth-order valence-corrected chi connectivity index (χ4v) is 2.07. The van der Waals surface area contributed by atoms with Crippen molar-refractivity contribution < 1.29 is 9.90 Å². The molecule has 0 unspecified atom stereocenters. The lowest BCUT2D eigenvalue weighted by molar-refractivity contribution is -0.143. The molecule has 4 nitrogen and oxygen atoms in total. The highest BCUT2D eigenvalue weighted by Gasteiger charge is 2.36. The zero-order valence-corrected chi connectivity index (χ0v) is 8.65. The van der Waals surface area contributed by atoms with Crippen LogP contribution in [0, 0.1) is 5.92 Å². The Bertz CT molecular complexity index is 218. The lowest BCUT2D eigenvalue weighted by Gasteiger charge is -2.38. The molecule has 1 saturated carbocycles. The fourth-order valence-electron chi connectivity index (χ4n) is 2.07. The number of rotatable bonds is 1. The number of aliphatic hydroxyl groups excluding tert-OH is 1. The molecule has 80 valence electrons. The number of amides is 1. The summed E-state index contributed by atoms with van der Waals surface area (Å²) in [5.41, 5.74) is 0. The summed E-state index contributed by atoms with van der Waals surface area (Å²) in [5.74, 6) is 0.358. The molecule has 1 aliphatic carbocycles. The first-order chi connectivity index (χ1) is 6.66. The molecule has 1 amide bonds. The van der Waals surface area contributed by atoms with Crippen molar-refractivity contribution in [3.05, 3.63) is 0 Å². The maximum Gasteiger partial charge on any atom is 0.225 e. The van der Waals surface area contributed by atoms with Crippen molar-refractivity contribution >= 4 is 5.91 Å². The first kappa shape index (κ1) is 9.93. The SMILES string of the molecule is CN1CCN(C(=O)C2CC(O)C2)CC1. The van der Waals surface area contributed by atoms with Crippen LogP contribution in [0.4, 0.5) is 0 Å². The van der Waals surface area contributed by atoms with E-state index in [0.717, 1.165) is 26.2 Å². The molecule has 0 aromatic rings. The van der Waals surface area contributed by atoms with Crippen LogP contribution in [-0.4, -0.2) is 60.1 Å². The smallest absolute Gasteiger partial charge is 0.225 e. The molecule has 0 aromatic carbocycles. The second-order valence-electron chi connectivity index (χ2n) is 4.45. The Morgan fingerprint density at radius 2 is 1.79 bits per heavy atom. The molecule has 1 N–H and O–H groups in total. The third kappa shape index (κ3) is 1.91. The van der Waals surface area contributed by atoms with Gasteiger partial charge in [0.15, 0.2) is 0 Å². The maximum absolute atomic E-state index is 11.8. The predicted octanol–water partition coefficient (Wildman–Crippen LogP) is -0.469. The van der Waals surface area contributed by atoms with Gasteiger partial charge < -0.3 is 14.9 Å². The van der Waals surface area contributed by atoms with Crippen molar-refractivity contribution in [1.29, 1.82) is 0 Å². The summed E-state index contributed by atoms with van der Waals surface area (Å²) in [6.45, 7) is 3.64. The third-order valence-corrected chi connectivity index (χ3v) is 3.28. The van der Waals surface area contributed by atoms with Crippen molar-refractivity contribution in [2.75, 3.05) is 33.2 Å². The van der Waals surface area contributed by atoms with Crippen LogP contribution in [0.25, 0.3) is 0 Å². The number of nitrogens with zero attached hydrogens (tertiary/aromatic N) is 2. The minimum Gasteiger partial charge on any atom is -0.393 e. The van der Waals surface area contributed by atoms with Crippen molar-refractivity contribution in [1.82, 2.24) is 9.80 Å². The number of carbonyl (C=O) groups is 1. The van der Waals surface area contributed by atoms with E-state index in [0.29, 0.717) is 12.8 Å². The Hall–Kier alpha value is -0.610. The molecule has 0 aromatic heterocycles. The molecule has 2 fully saturated rings. The van der Waals surface area contributed by atoms with E-state index >= 15 is 0 Å². The van der Waals surface area contributed by atoms with Gasteiger partial charge in [0.25, 0.3) is 0 Å². The van der Waals surface area contributed by atoms with Gasteiger partial charge in [-0.05, 0) is 19.9 Å². The quantitative estimate of drug-likeness (QED) is 0.619. The number of aliphatic hydroxyl groups is 1. The van der Waals surface area contributed by atoms with E-state index < -0.39 is 0 Å². The molecule has 1 aliphatic heterocycles. The molecule has 2 rings (SSSR count). The van der Waals surface area contributed by atoms with Gasteiger partial charge in [0, 0.05) is 32.1 Å². The predicted molar refractivity (Wildman–Crippen MR) is 52.8 cm³/mol. The summed E-state index contributed by atoms with van der Waals surface area (Å²) in [4.78, 5) is 16.0. The van der Waals surface area contributed by atoms with Crippen LogP contribution in [0.15, 0.2) is 0 Å². The van der Waals surface area contributed by atoms with Gasteiger partial charge in [-0.1, -0.05) is 0 Å². The lowest BCUT2D eigenvalue weighted by atomic mass is 9.81. The minimum absolute atomic E-state index is 0.105. The summed E-state index contributed by atoms with van der Waals surface area (Å²) < 4.78 is 0. The van der Waals surface area contributed by atoms with Crippen molar-refractivity contribution in [2.24, 2.45) is 5.92 Å². The molecular formula is C10H18N2O2. The van der Waals surface area contributed by atoms with E-state index in [2.05, 4.69) is 11.9 Å². The molecule has 4 heteroatoms. The summed E-state index contributed by atoms with van der Waals surface area (Å²) >= 11 is 0. The molecule has 0 radical (unpaired) electrons. The monoisotopic (exact) mass is 198 g/mol. The van der Waals surface area contributed by atoms with Crippen LogP contribution in [0.1, 0.15) is 12.8 Å². The van der Waals surface area contributed by atoms with Gasteiger partial charge in [0.05, 0.1) is 6.10 Å². The van der Waals surface area contributed by atoms with Crippen molar-refractivity contribution in [3.8, 4) is 0 Å². The van der Waals surface area contributed by atoms with Crippen LogP contribution in [0.3, 0.4) is 0 Å². The fraction of sp³-hybridized carbons (Fsp3) is 0.900. The second kappa shape index (κ2) is 3.87. The van der Waals surface area contributed by atoms with Crippen LogP contribution in [-0.2, 0) is 4.79 Å². The molecule has 2 aliphatic rings. The molecular weight excluding hydrogens is 180 g/mol. The zero-order chi connectivity index (χ0) is 10.1. The molecule has 1 heterocycles. The van der Waals surface area contributed by atoms with Crippen LogP contribution >= 0.6 is 0 Å². The maximum atomic E-state index is 11.8. The van der Waals surface area contributed by atoms with Gasteiger partial charge in [0.2, 0.25) is 5.91 Å². The summed E-state index contributed by atoms with van der Waals surface area (Å²) in [7, 11) is 2.08. The molecule has 0 spiro atoms. The molecule has 14 heavy (non-hydrogen) atoms. The van der Waals surface area contributed by atoms with Gasteiger partial charge >= 0.3 is 0 Å². The Labute approximate surface area is 84.5 Å². The number of hydrogen-bond donors (Lipinski definition) is 1. The average molecular weight is 198 g/mol. The minimum atomic E-state index is -0.226. The molecule has 0 bridgehead atoms. The third-order valence-electron chi connectivity index (χ3n) is 3.28. The van der Waals surface area contributed by atoms with Gasteiger partial charge in [0.1, 0.15) is 0 Å². The van der Waals surface area contributed by atoms with Crippen molar-refractivity contribution in [3.63, 3.8) is 0 Å². The topological polar surface area (TPSA) is 43.8 Å². The van der Waals surface area contributed by atoms with Crippen LogP contribution < -0.4 is 0 Å². The summed E-state index contributed by atoms with van der Waals surface area (Å²) in [5, 5.41) is 9.13. The Morgan fingerprint density at radius 3 is 2.29 bits per heavy atom. The van der Waals surface area contributed by atoms with Crippen LogP contribution in [0.2, 0.25) is 0 Å². The van der Waals surface area contributed by atoms with E-state index in [1.807, 2.05) is 4.90 Å². The first-order valence-electron chi connectivity index (χ1n) is 5.32. The first-order valence-corrected chi connectivity index (χ1v) is 5.32. The Kier molecular flexibility index (Phi) is 2.74. The normalized spacial score (nSPS) is 34.0. The highest BCUT2D eigenvalue weighted by molar-refractivity contribution is 5.80. The zero-order valence-electron chi connectivity index (χ0n) is 8.65. The summed E-state index contributed by atoms with van der Waals surface area (Å²) in [6, 6.07) is 0. The van der Waals surface area contributed by atoms with E-state index in [4.69, 9.17) is 5.11 Å². The Balaban J connectivity index is 1.81. The largest absolute Gasteiger partial charge is 0.393 e. The second-order valence-corrected chi connectivity index (χ2v) is 4.45. The number of hydrogen-bond acceptors (Lipinski definition) is 3. The highest BCUT2D eigenvalue weighted by atomic mass is 16.3. The molecule has 1 saturated heterocycles. The van der Waals surface area contributed by atoms with E-state index in [1.165, 1.54) is 0 Å². The number of carbonyl (C=O) groups excluding carboxylic acids is 1. The number of piperazine rings is 1. The lowest BCUT2D eigenvalue weighted by Crippen LogP contribution is -2.51. The van der Waals surface area contributed by atoms with Gasteiger partial charge in [-0.2, -0.15) is 0 Å². The molecule has 0 atom stereocenters. The van der Waals surface area contributed by atoms with E-state index in [-0.39, 0.29) is 17.9 Å². The highest BCUT2D eigenvalue weighted by Crippen LogP contribution is 2.29.